The topological polar surface area (TPSA) is 92.6 Å². The molecule has 0 spiro atoms. The molecule has 92 valence electrons. The lowest BCUT2D eigenvalue weighted by Crippen LogP contribution is -2.06. The van der Waals surface area contributed by atoms with Gasteiger partial charge in [-0.15, -0.1) is 10.2 Å². The summed E-state index contributed by atoms with van der Waals surface area (Å²) in [5.41, 5.74) is 8.17. The molecule has 1 aromatic carbocycles. The minimum Gasteiger partial charge on any atom is -0.398 e. The molecular weight excluding hydrogens is 228 g/mol. The zero-order valence-electron chi connectivity index (χ0n) is 10.1. The molecule has 0 atom stereocenters. The van der Waals surface area contributed by atoms with E-state index in [1.807, 2.05) is 23.7 Å². The van der Waals surface area contributed by atoms with E-state index in [2.05, 4.69) is 21.6 Å². The molecule has 1 heterocycles. The summed E-state index contributed by atoms with van der Waals surface area (Å²) < 4.78 is 1.85. The second-order valence-corrected chi connectivity index (χ2v) is 3.96. The molecule has 0 saturated heterocycles. The smallest absolute Gasteiger partial charge is 0.151 e. The van der Waals surface area contributed by atoms with Crippen LogP contribution in [0.2, 0.25) is 0 Å². The van der Waals surface area contributed by atoms with E-state index < -0.39 is 0 Å². The van der Waals surface area contributed by atoms with Gasteiger partial charge in [0.1, 0.15) is 6.33 Å². The lowest BCUT2D eigenvalue weighted by molar-refractivity contribution is 0.812. The second-order valence-electron chi connectivity index (χ2n) is 3.96. The number of rotatable bonds is 4. The van der Waals surface area contributed by atoms with Crippen LogP contribution in [-0.4, -0.2) is 14.8 Å². The van der Waals surface area contributed by atoms with Gasteiger partial charge in [-0.05, 0) is 23.8 Å². The number of nitriles is 1. The van der Waals surface area contributed by atoms with Gasteiger partial charge in [-0.1, -0.05) is 0 Å². The number of nitrogens with two attached hydrogens (primary N) is 1. The first kappa shape index (κ1) is 11.9. The number of aryl methyl sites for hydroxylation is 1. The minimum atomic E-state index is 0.311. The maximum absolute atomic E-state index is 8.70. The van der Waals surface area contributed by atoms with Crippen LogP contribution in [0.5, 0.6) is 0 Å². The van der Waals surface area contributed by atoms with Crippen molar-refractivity contribution in [3.05, 3.63) is 35.9 Å². The molecule has 2 aromatic rings. The number of anilines is 2. The van der Waals surface area contributed by atoms with Crippen LogP contribution in [0, 0.1) is 11.3 Å². The summed E-state index contributed by atoms with van der Waals surface area (Å²) in [5, 5.41) is 19.7. The summed E-state index contributed by atoms with van der Waals surface area (Å²) in [7, 11) is 1.89. The van der Waals surface area contributed by atoms with E-state index in [1.54, 1.807) is 12.4 Å². The van der Waals surface area contributed by atoms with Gasteiger partial charge in [0.2, 0.25) is 0 Å². The van der Waals surface area contributed by atoms with Gasteiger partial charge in [-0.3, -0.25) is 0 Å². The van der Waals surface area contributed by atoms with Gasteiger partial charge >= 0.3 is 0 Å². The monoisotopic (exact) mass is 242 g/mol. The number of hydrogen-bond donors (Lipinski definition) is 2. The maximum Gasteiger partial charge on any atom is 0.151 e. The van der Waals surface area contributed by atoms with E-state index in [0.717, 1.165) is 17.1 Å². The Balaban J connectivity index is 2.08. The third-order valence-electron chi connectivity index (χ3n) is 2.67. The van der Waals surface area contributed by atoms with Crippen molar-refractivity contribution < 1.29 is 0 Å². The van der Waals surface area contributed by atoms with E-state index in [0.29, 0.717) is 18.7 Å². The molecule has 1 aromatic heterocycles. The Morgan fingerprint density at radius 2 is 2.33 bits per heavy atom. The fourth-order valence-corrected chi connectivity index (χ4v) is 1.60. The summed E-state index contributed by atoms with van der Waals surface area (Å²) in [4.78, 5) is 0. The Morgan fingerprint density at radius 1 is 1.50 bits per heavy atom. The highest BCUT2D eigenvalue weighted by molar-refractivity contribution is 5.57. The molecule has 18 heavy (non-hydrogen) atoms. The van der Waals surface area contributed by atoms with E-state index in [4.69, 9.17) is 11.0 Å². The fourth-order valence-electron chi connectivity index (χ4n) is 1.60. The van der Waals surface area contributed by atoms with Gasteiger partial charge in [0, 0.05) is 18.4 Å². The molecule has 6 nitrogen and oxygen atoms in total. The van der Waals surface area contributed by atoms with Crippen LogP contribution in [-0.2, 0) is 20.0 Å². The molecule has 0 bridgehead atoms. The predicted octanol–water partition coefficient (Wildman–Crippen LogP) is 1.08. The average molecular weight is 242 g/mol. The lowest BCUT2D eigenvalue weighted by atomic mass is 10.1. The van der Waals surface area contributed by atoms with E-state index in [1.165, 1.54) is 0 Å². The molecular formula is C12H14N6. The Bertz CT molecular complexity index is 580. The van der Waals surface area contributed by atoms with Crippen LogP contribution < -0.4 is 11.1 Å². The fraction of sp³-hybridized carbons (Fsp3) is 0.250. The molecule has 0 radical (unpaired) electrons. The Hall–Kier alpha value is -2.55. The maximum atomic E-state index is 8.70. The van der Waals surface area contributed by atoms with Crippen LogP contribution in [0.3, 0.4) is 0 Å². The van der Waals surface area contributed by atoms with Crippen LogP contribution in [0.1, 0.15) is 11.4 Å². The zero-order valence-corrected chi connectivity index (χ0v) is 10.1. The predicted molar refractivity (Wildman–Crippen MR) is 68.5 cm³/mol. The number of nitrogens with zero attached hydrogens (tertiary/aromatic N) is 4. The van der Waals surface area contributed by atoms with Gasteiger partial charge in [-0.2, -0.15) is 5.26 Å². The Kier molecular flexibility index (Phi) is 3.44. The van der Waals surface area contributed by atoms with Crippen molar-refractivity contribution in [3.63, 3.8) is 0 Å². The van der Waals surface area contributed by atoms with Crippen molar-refractivity contribution in [1.29, 1.82) is 5.26 Å². The van der Waals surface area contributed by atoms with Crippen LogP contribution in [0.4, 0.5) is 11.4 Å². The first-order valence-electron chi connectivity index (χ1n) is 5.53. The summed E-state index contributed by atoms with van der Waals surface area (Å²) in [5.74, 6) is 0.841. The number of benzene rings is 1. The van der Waals surface area contributed by atoms with E-state index >= 15 is 0 Å². The molecule has 6 heteroatoms. The van der Waals surface area contributed by atoms with Gasteiger partial charge in [0.15, 0.2) is 5.82 Å². The normalized spacial score (nSPS) is 10.0. The van der Waals surface area contributed by atoms with Crippen molar-refractivity contribution in [1.82, 2.24) is 14.8 Å². The van der Waals surface area contributed by atoms with Crippen molar-refractivity contribution >= 4 is 11.4 Å². The molecule has 3 N–H and O–H groups in total. The molecule has 0 saturated carbocycles. The number of aromatic nitrogens is 3. The molecule has 0 aliphatic rings. The molecule has 0 fully saturated rings. The van der Waals surface area contributed by atoms with Crippen molar-refractivity contribution in [3.8, 4) is 6.07 Å². The Labute approximate surface area is 105 Å². The molecule has 2 rings (SSSR count). The van der Waals surface area contributed by atoms with Gasteiger partial charge < -0.3 is 15.6 Å². The number of hydrogen-bond acceptors (Lipinski definition) is 5. The van der Waals surface area contributed by atoms with Crippen molar-refractivity contribution in [2.45, 2.75) is 13.0 Å². The number of nitrogen functional groups attached to an aromatic ring is 1. The van der Waals surface area contributed by atoms with Crippen LogP contribution in [0.15, 0.2) is 24.5 Å². The van der Waals surface area contributed by atoms with Crippen LogP contribution in [0.25, 0.3) is 0 Å². The van der Waals surface area contributed by atoms with Crippen LogP contribution >= 0.6 is 0 Å². The van der Waals surface area contributed by atoms with E-state index in [-0.39, 0.29) is 0 Å². The largest absolute Gasteiger partial charge is 0.398 e. The SMILES string of the molecule is Cn1cnnc1CNc1ccc(N)c(CC#N)c1. The summed E-state index contributed by atoms with van der Waals surface area (Å²) in [6, 6.07) is 7.66. The van der Waals surface area contributed by atoms with Gasteiger partial charge in [0.25, 0.3) is 0 Å². The first-order valence-corrected chi connectivity index (χ1v) is 5.53. The van der Waals surface area contributed by atoms with Crippen molar-refractivity contribution in [2.75, 3.05) is 11.1 Å². The highest BCUT2D eigenvalue weighted by atomic mass is 15.3. The zero-order chi connectivity index (χ0) is 13.0. The molecule has 0 aliphatic carbocycles. The Morgan fingerprint density at radius 3 is 3.00 bits per heavy atom. The second kappa shape index (κ2) is 5.19. The van der Waals surface area contributed by atoms with Gasteiger partial charge in [-0.25, -0.2) is 0 Å². The minimum absolute atomic E-state index is 0.311. The first-order chi connectivity index (χ1) is 8.70. The highest BCUT2D eigenvalue weighted by Gasteiger charge is 2.03. The molecule has 0 unspecified atom stereocenters. The third kappa shape index (κ3) is 2.58. The molecule has 0 amide bonds. The van der Waals surface area contributed by atoms with Crippen molar-refractivity contribution in [2.24, 2.45) is 7.05 Å². The average Bonchev–Trinajstić information content (AvgIpc) is 2.76. The summed E-state index contributed by atoms with van der Waals surface area (Å²) >= 11 is 0. The third-order valence-corrected chi connectivity index (χ3v) is 2.67. The standard InChI is InChI=1S/C12H14N6/c1-18-8-16-17-12(18)7-15-10-2-3-11(14)9(6-10)4-5-13/h2-3,6,8,15H,4,7,14H2,1H3. The lowest BCUT2D eigenvalue weighted by Gasteiger charge is -2.08. The number of nitrogens with one attached hydrogen (secondary N) is 1. The quantitative estimate of drug-likeness (QED) is 0.782. The summed E-state index contributed by atoms with van der Waals surface area (Å²) in [6.45, 7) is 0.576. The van der Waals surface area contributed by atoms with Gasteiger partial charge in [0.05, 0.1) is 19.0 Å². The summed E-state index contributed by atoms with van der Waals surface area (Å²) in [6.07, 6.45) is 1.96. The van der Waals surface area contributed by atoms with E-state index in [9.17, 15) is 0 Å². The highest BCUT2D eigenvalue weighted by Crippen LogP contribution is 2.18. The molecule has 0 aliphatic heterocycles.